The Labute approximate surface area is 160 Å². The van der Waals surface area contributed by atoms with Crippen molar-refractivity contribution in [1.82, 2.24) is 15.4 Å². The Kier molecular flexibility index (Phi) is 5.39. The zero-order chi connectivity index (χ0) is 15.9. The van der Waals surface area contributed by atoms with Gasteiger partial charge < -0.3 is 19.5 Å². The Morgan fingerprint density at radius 2 is 2.33 bits per heavy atom. The van der Waals surface area contributed by atoms with E-state index in [4.69, 9.17) is 14.3 Å². The number of aliphatic imine (C=N–C) groups is 1. The molecule has 7 heteroatoms. The van der Waals surface area contributed by atoms with Crippen molar-refractivity contribution in [2.75, 3.05) is 20.2 Å². The average Bonchev–Trinajstić information content (AvgIpc) is 3.12. The van der Waals surface area contributed by atoms with Gasteiger partial charge >= 0.3 is 0 Å². The highest BCUT2D eigenvalue weighted by Crippen LogP contribution is 2.62. The molecule has 1 aliphatic heterocycles. The lowest BCUT2D eigenvalue weighted by molar-refractivity contribution is -0.171. The molecule has 2 heterocycles. The average molecular weight is 446 g/mol. The molecular weight excluding hydrogens is 419 g/mol. The van der Waals surface area contributed by atoms with Gasteiger partial charge in [-0.05, 0) is 26.2 Å². The molecule has 1 spiro atoms. The quantitative estimate of drug-likeness (QED) is 0.438. The summed E-state index contributed by atoms with van der Waals surface area (Å²) in [6, 6.07) is 2.41. The van der Waals surface area contributed by atoms with Crippen molar-refractivity contribution in [2.24, 2.45) is 16.3 Å². The minimum Gasteiger partial charge on any atom is -0.377 e. The molecule has 1 saturated heterocycles. The molecule has 3 atom stereocenters. The van der Waals surface area contributed by atoms with Gasteiger partial charge in [0.05, 0.1) is 12.6 Å². The summed E-state index contributed by atoms with van der Waals surface area (Å²) in [5, 5.41) is 7.77. The van der Waals surface area contributed by atoms with Crippen LogP contribution in [0.25, 0.3) is 0 Å². The van der Waals surface area contributed by atoms with Crippen LogP contribution < -0.4 is 5.32 Å². The molecule has 1 aromatic rings. The molecule has 3 aliphatic rings. The molecule has 0 amide bonds. The van der Waals surface area contributed by atoms with Crippen molar-refractivity contribution in [2.45, 2.75) is 51.3 Å². The lowest BCUT2D eigenvalue weighted by Gasteiger charge is -2.63. The summed E-state index contributed by atoms with van der Waals surface area (Å²) in [5.74, 6) is 1.62. The molecule has 3 fully saturated rings. The van der Waals surface area contributed by atoms with Crippen LogP contribution in [0.15, 0.2) is 21.8 Å². The van der Waals surface area contributed by atoms with E-state index in [1.54, 1.807) is 6.26 Å². The fourth-order valence-corrected chi connectivity index (χ4v) is 4.66. The van der Waals surface area contributed by atoms with Gasteiger partial charge in [0.25, 0.3) is 0 Å². The van der Waals surface area contributed by atoms with E-state index in [9.17, 15) is 0 Å². The summed E-state index contributed by atoms with van der Waals surface area (Å²) in [6.07, 6.45) is 7.19. The Morgan fingerprint density at radius 1 is 1.50 bits per heavy atom. The molecule has 0 radical (unpaired) electrons. The number of rotatable bonds is 4. The Morgan fingerprint density at radius 3 is 2.96 bits per heavy atom. The van der Waals surface area contributed by atoms with Crippen LogP contribution in [0.3, 0.4) is 0 Å². The number of ether oxygens (including phenoxy) is 1. The van der Waals surface area contributed by atoms with Gasteiger partial charge in [0.15, 0.2) is 5.96 Å². The lowest BCUT2D eigenvalue weighted by atomic mass is 9.46. The van der Waals surface area contributed by atoms with Gasteiger partial charge in [-0.15, -0.1) is 24.0 Å². The van der Waals surface area contributed by atoms with Gasteiger partial charge in [0, 0.05) is 43.6 Å². The van der Waals surface area contributed by atoms with Crippen molar-refractivity contribution < 1.29 is 9.26 Å². The van der Waals surface area contributed by atoms with Crippen molar-refractivity contribution in [3.63, 3.8) is 0 Å². The van der Waals surface area contributed by atoms with Crippen LogP contribution in [0.5, 0.6) is 0 Å². The third kappa shape index (κ3) is 2.83. The number of guanidine groups is 1. The predicted octanol–water partition coefficient (Wildman–Crippen LogP) is 2.65. The fourth-order valence-electron chi connectivity index (χ4n) is 4.66. The van der Waals surface area contributed by atoms with Gasteiger partial charge in [-0.25, -0.2) is 0 Å². The molecule has 24 heavy (non-hydrogen) atoms. The van der Waals surface area contributed by atoms with Crippen LogP contribution in [-0.4, -0.2) is 48.4 Å². The maximum absolute atomic E-state index is 6.01. The Hall–Kier alpha value is -0.830. The van der Waals surface area contributed by atoms with Crippen LogP contribution in [0.2, 0.25) is 0 Å². The molecule has 6 nitrogen and oxygen atoms in total. The summed E-state index contributed by atoms with van der Waals surface area (Å²) >= 11 is 0. The molecule has 134 valence electrons. The van der Waals surface area contributed by atoms with Crippen LogP contribution in [0.1, 0.15) is 38.3 Å². The minimum absolute atomic E-state index is 0. The molecular formula is C17H27IN4O2. The van der Waals surface area contributed by atoms with Crippen LogP contribution in [0.4, 0.5) is 0 Å². The molecule has 1 aromatic heterocycles. The number of nitrogens with zero attached hydrogens (tertiary/aromatic N) is 3. The highest BCUT2D eigenvalue weighted by Gasteiger charge is 2.66. The number of nitrogens with one attached hydrogen (secondary N) is 1. The first kappa shape index (κ1) is 18.0. The molecule has 3 unspecified atom stereocenters. The van der Waals surface area contributed by atoms with Crippen LogP contribution in [-0.2, 0) is 11.3 Å². The SMILES string of the molecule is CCN=C(NC1C2CCOC2C12CCC2)N(C)Cc1ccon1.I. The number of aromatic nitrogens is 1. The highest BCUT2D eigenvalue weighted by atomic mass is 127. The van der Waals surface area contributed by atoms with E-state index in [1.807, 2.05) is 6.07 Å². The standard InChI is InChI=1S/C17H26N4O2.HI/c1-3-18-16(21(2)11-12-5-10-23-20-12)19-14-13-6-9-22-15(13)17(14)7-4-8-17;/h5,10,13-15H,3-4,6-9,11H2,1-2H3,(H,18,19);1H. The van der Waals surface area contributed by atoms with Gasteiger partial charge in [-0.3, -0.25) is 4.99 Å². The molecule has 4 rings (SSSR count). The van der Waals surface area contributed by atoms with E-state index in [1.165, 1.54) is 25.7 Å². The zero-order valence-electron chi connectivity index (χ0n) is 14.4. The number of halogens is 1. The molecule has 2 saturated carbocycles. The Balaban J connectivity index is 0.00000169. The van der Waals surface area contributed by atoms with E-state index >= 15 is 0 Å². The van der Waals surface area contributed by atoms with Crippen molar-refractivity contribution in [3.8, 4) is 0 Å². The summed E-state index contributed by atoms with van der Waals surface area (Å²) in [4.78, 5) is 6.83. The summed E-state index contributed by atoms with van der Waals surface area (Å²) in [7, 11) is 2.06. The largest absolute Gasteiger partial charge is 0.377 e. The highest BCUT2D eigenvalue weighted by molar-refractivity contribution is 14.0. The fraction of sp³-hybridized carbons (Fsp3) is 0.765. The van der Waals surface area contributed by atoms with Crippen LogP contribution >= 0.6 is 24.0 Å². The van der Waals surface area contributed by atoms with Crippen molar-refractivity contribution >= 4 is 29.9 Å². The Bertz CT molecular complexity index is 573. The van der Waals surface area contributed by atoms with Gasteiger partial charge in [0.1, 0.15) is 12.0 Å². The van der Waals surface area contributed by atoms with Crippen molar-refractivity contribution in [1.29, 1.82) is 0 Å². The second kappa shape index (κ2) is 7.19. The van der Waals surface area contributed by atoms with Crippen LogP contribution in [0, 0.1) is 11.3 Å². The van der Waals surface area contributed by atoms with E-state index in [2.05, 4.69) is 29.3 Å². The number of fused-ring (bicyclic) bond motifs is 2. The monoisotopic (exact) mass is 446 g/mol. The molecule has 0 bridgehead atoms. The summed E-state index contributed by atoms with van der Waals surface area (Å²) in [6.45, 7) is 4.47. The van der Waals surface area contributed by atoms with Gasteiger partial charge in [-0.1, -0.05) is 11.6 Å². The lowest BCUT2D eigenvalue weighted by Crippen LogP contribution is -2.72. The first-order chi connectivity index (χ1) is 11.2. The summed E-state index contributed by atoms with van der Waals surface area (Å²) < 4.78 is 10.9. The first-order valence-corrected chi connectivity index (χ1v) is 8.77. The summed E-state index contributed by atoms with van der Waals surface area (Å²) in [5.41, 5.74) is 1.29. The minimum atomic E-state index is 0. The normalized spacial score (nSPS) is 30.1. The van der Waals surface area contributed by atoms with E-state index in [-0.39, 0.29) is 24.0 Å². The topological polar surface area (TPSA) is 62.9 Å². The smallest absolute Gasteiger partial charge is 0.194 e. The third-order valence-corrected chi connectivity index (χ3v) is 5.88. The second-order valence-electron chi connectivity index (χ2n) is 7.10. The predicted molar refractivity (Wildman–Crippen MR) is 102 cm³/mol. The number of hydrogen-bond acceptors (Lipinski definition) is 4. The first-order valence-electron chi connectivity index (χ1n) is 8.77. The van der Waals surface area contributed by atoms with E-state index < -0.39 is 0 Å². The maximum Gasteiger partial charge on any atom is 0.194 e. The van der Waals surface area contributed by atoms with E-state index in [0.29, 0.717) is 30.0 Å². The number of hydrogen-bond donors (Lipinski definition) is 1. The molecule has 0 aromatic carbocycles. The maximum atomic E-state index is 6.01. The third-order valence-electron chi connectivity index (χ3n) is 5.88. The van der Waals surface area contributed by atoms with Gasteiger partial charge in [0.2, 0.25) is 0 Å². The van der Waals surface area contributed by atoms with Gasteiger partial charge in [-0.2, -0.15) is 0 Å². The molecule has 2 aliphatic carbocycles. The zero-order valence-corrected chi connectivity index (χ0v) is 16.7. The molecule has 1 N–H and O–H groups in total. The van der Waals surface area contributed by atoms with Crippen molar-refractivity contribution in [3.05, 3.63) is 18.0 Å². The second-order valence-corrected chi connectivity index (χ2v) is 7.10. The van der Waals surface area contributed by atoms with E-state index in [0.717, 1.165) is 24.8 Å².